The van der Waals surface area contributed by atoms with Crippen LogP contribution in [-0.4, -0.2) is 47.6 Å². The van der Waals surface area contributed by atoms with Gasteiger partial charge < -0.3 is 25.6 Å². The number of pyridine rings is 2. The summed E-state index contributed by atoms with van der Waals surface area (Å²) < 4.78 is 6.01. The fourth-order valence-corrected chi connectivity index (χ4v) is 3.66. The van der Waals surface area contributed by atoms with Crippen LogP contribution in [0.4, 0.5) is 16.3 Å². The van der Waals surface area contributed by atoms with Gasteiger partial charge in [-0.05, 0) is 43.9 Å². The number of carbonyl (C=O) groups excluding carboxylic acids is 2. The minimum Gasteiger partial charge on any atom is -0.474 e. The number of nitrogens with zero attached hydrogens (tertiary/aromatic N) is 3. The highest BCUT2D eigenvalue weighted by molar-refractivity contribution is 5.89. The average Bonchev–Trinajstić information content (AvgIpc) is 3.27. The van der Waals surface area contributed by atoms with E-state index in [0.29, 0.717) is 37.0 Å². The van der Waals surface area contributed by atoms with Crippen molar-refractivity contribution >= 4 is 23.4 Å². The molecule has 2 aromatic rings. The van der Waals surface area contributed by atoms with Gasteiger partial charge in [0.25, 0.3) is 0 Å². The zero-order valence-corrected chi connectivity index (χ0v) is 16.8. The number of amides is 3. The van der Waals surface area contributed by atoms with E-state index in [0.717, 1.165) is 18.4 Å². The molecule has 1 aliphatic heterocycles. The molecule has 0 spiro atoms. The molecule has 1 saturated heterocycles. The lowest BCUT2D eigenvalue weighted by Crippen LogP contribution is -2.48. The molecule has 9 heteroatoms. The lowest BCUT2D eigenvalue weighted by Gasteiger charge is -2.27. The molecule has 0 atom stereocenters. The summed E-state index contributed by atoms with van der Waals surface area (Å²) in [5, 5.41) is 8.39. The van der Waals surface area contributed by atoms with E-state index in [1.807, 2.05) is 17.0 Å². The molecule has 2 fully saturated rings. The van der Waals surface area contributed by atoms with Crippen LogP contribution < -0.4 is 25.6 Å². The van der Waals surface area contributed by atoms with E-state index in [1.54, 1.807) is 24.5 Å². The number of nitrogens with one attached hydrogen (secondary N) is 3. The lowest BCUT2D eigenvalue weighted by molar-refractivity contribution is -0.120. The van der Waals surface area contributed by atoms with Gasteiger partial charge in [0.05, 0.1) is 18.4 Å². The highest BCUT2D eigenvalue weighted by Crippen LogP contribution is 2.25. The van der Waals surface area contributed by atoms with Crippen molar-refractivity contribution in [2.45, 2.75) is 38.3 Å². The maximum atomic E-state index is 12.3. The second-order valence-electron chi connectivity index (χ2n) is 7.48. The summed E-state index contributed by atoms with van der Waals surface area (Å²) in [7, 11) is 0. The van der Waals surface area contributed by atoms with Crippen LogP contribution in [-0.2, 0) is 11.3 Å². The third-order valence-corrected chi connectivity index (χ3v) is 5.24. The summed E-state index contributed by atoms with van der Waals surface area (Å²) in [5.74, 6) is 1.28. The van der Waals surface area contributed by atoms with E-state index in [4.69, 9.17) is 4.74 Å². The molecule has 3 N–H and O–H groups in total. The number of rotatable bonds is 6. The highest BCUT2D eigenvalue weighted by Gasteiger charge is 2.19. The first-order valence-electron chi connectivity index (χ1n) is 10.3. The Balaban J connectivity index is 1.29. The van der Waals surface area contributed by atoms with E-state index in [9.17, 15) is 9.59 Å². The molecule has 9 nitrogen and oxygen atoms in total. The van der Waals surface area contributed by atoms with E-state index in [2.05, 4.69) is 25.9 Å². The number of ether oxygens (including phenoxy) is 1. The normalized spacial score (nSPS) is 16.8. The number of carbonyl (C=O) groups is 2. The number of hydrogen-bond donors (Lipinski definition) is 3. The number of aromatic nitrogens is 2. The molecule has 0 aromatic carbocycles. The molecule has 30 heavy (non-hydrogen) atoms. The first kappa shape index (κ1) is 19.9. The van der Waals surface area contributed by atoms with Crippen LogP contribution in [0, 0.1) is 0 Å². The van der Waals surface area contributed by atoms with Gasteiger partial charge in [-0.25, -0.2) is 14.8 Å². The molecule has 0 radical (unpaired) electrons. The Kier molecular flexibility index (Phi) is 6.26. The maximum Gasteiger partial charge on any atom is 0.319 e. The zero-order valence-electron chi connectivity index (χ0n) is 16.8. The van der Waals surface area contributed by atoms with Gasteiger partial charge in [-0.3, -0.25) is 4.79 Å². The van der Waals surface area contributed by atoms with Gasteiger partial charge in [0.1, 0.15) is 11.9 Å². The van der Waals surface area contributed by atoms with Gasteiger partial charge in [-0.1, -0.05) is 6.07 Å². The second kappa shape index (κ2) is 9.43. The minimum absolute atomic E-state index is 0.0173. The predicted molar refractivity (Wildman–Crippen MR) is 112 cm³/mol. The number of anilines is 2. The van der Waals surface area contributed by atoms with Crippen LogP contribution >= 0.6 is 0 Å². The molecular weight excluding hydrogens is 384 g/mol. The van der Waals surface area contributed by atoms with Gasteiger partial charge in [0.15, 0.2) is 0 Å². The number of hydrogen-bond acceptors (Lipinski definition) is 6. The highest BCUT2D eigenvalue weighted by atomic mass is 16.5. The first-order valence-corrected chi connectivity index (χ1v) is 10.3. The third-order valence-electron chi connectivity index (χ3n) is 5.24. The van der Waals surface area contributed by atoms with Gasteiger partial charge in [0, 0.05) is 31.4 Å². The molecule has 0 bridgehead atoms. The van der Waals surface area contributed by atoms with Crippen molar-refractivity contribution in [3.05, 3.63) is 42.2 Å². The summed E-state index contributed by atoms with van der Waals surface area (Å²) in [4.78, 5) is 34.4. The zero-order chi connectivity index (χ0) is 20.8. The smallest absolute Gasteiger partial charge is 0.319 e. The summed E-state index contributed by atoms with van der Waals surface area (Å²) in [6.07, 6.45) is 7.97. The second-order valence-corrected chi connectivity index (χ2v) is 7.48. The van der Waals surface area contributed by atoms with Crippen molar-refractivity contribution < 1.29 is 14.3 Å². The molecule has 1 aliphatic carbocycles. The van der Waals surface area contributed by atoms with Crippen molar-refractivity contribution in [3.63, 3.8) is 0 Å². The van der Waals surface area contributed by atoms with Gasteiger partial charge in [-0.2, -0.15) is 0 Å². The van der Waals surface area contributed by atoms with Crippen molar-refractivity contribution in [1.29, 1.82) is 0 Å². The Morgan fingerprint density at radius 2 is 2.10 bits per heavy atom. The molecule has 2 aliphatic rings. The third kappa shape index (κ3) is 5.16. The van der Waals surface area contributed by atoms with E-state index in [-0.39, 0.29) is 24.6 Å². The van der Waals surface area contributed by atoms with Crippen LogP contribution in [0.25, 0.3) is 0 Å². The van der Waals surface area contributed by atoms with Crippen molar-refractivity contribution in [2.75, 3.05) is 29.9 Å². The summed E-state index contributed by atoms with van der Waals surface area (Å²) >= 11 is 0. The largest absolute Gasteiger partial charge is 0.474 e. The van der Waals surface area contributed by atoms with Crippen LogP contribution in [0.15, 0.2) is 36.7 Å². The van der Waals surface area contributed by atoms with Crippen molar-refractivity contribution in [1.82, 2.24) is 20.6 Å². The SMILES string of the molecule is O=C1CN(c2ccc(NC(=O)NCc3cccnc3OC3CCCC3)cn2)CCN1. The summed E-state index contributed by atoms with van der Waals surface area (Å²) in [6.45, 7) is 1.92. The topological polar surface area (TPSA) is 108 Å². The molecule has 1 saturated carbocycles. The van der Waals surface area contributed by atoms with Crippen molar-refractivity contribution in [3.8, 4) is 5.88 Å². The Labute approximate surface area is 175 Å². The fraction of sp³-hybridized carbons (Fsp3) is 0.429. The van der Waals surface area contributed by atoms with Gasteiger partial charge in [-0.15, -0.1) is 0 Å². The Morgan fingerprint density at radius 3 is 2.87 bits per heavy atom. The van der Waals surface area contributed by atoms with E-state index >= 15 is 0 Å². The summed E-state index contributed by atoms with van der Waals surface area (Å²) in [6, 6.07) is 6.97. The molecule has 3 heterocycles. The lowest BCUT2D eigenvalue weighted by atomic mass is 10.2. The number of piperazine rings is 1. The minimum atomic E-state index is -0.336. The predicted octanol–water partition coefficient (Wildman–Crippen LogP) is 2.06. The molecule has 2 aromatic heterocycles. The van der Waals surface area contributed by atoms with Gasteiger partial charge >= 0.3 is 6.03 Å². The first-order chi connectivity index (χ1) is 14.7. The average molecular weight is 410 g/mol. The van der Waals surface area contributed by atoms with Crippen LogP contribution in [0.3, 0.4) is 0 Å². The van der Waals surface area contributed by atoms with Crippen LogP contribution in [0.1, 0.15) is 31.2 Å². The van der Waals surface area contributed by atoms with Gasteiger partial charge in [0.2, 0.25) is 11.8 Å². The van der Waals surface area contributed by atoms with E-state index < -0.39 is 0 Å². The fourth-order valence-electron chi connectivity index (χ4n) is 3.66. The monoisotopic (exact) mass is 410 g/mol. The van der Waals surface area contributed by atoms with Crippen LogP contribution in [0.2, 0.25) is 0 Å². The molecule has 158 valence electrons. The Morgan fingerprint density at radius 1 is 1.23 bits per heavy atom. The molecular formula is C21H26N6O3. The maximum absolute atomic E-state index is 12.3. The quantitative estimate of drug-likeness (QED) is 0.673. The number of urea groups is 1. The Bertz CT molecular complexity index is 883. The van der Waals surface area contributed by atoms with Crippen LogP contribution in [0.5, 0.6) is 5.88 Å². The van der Waals surface area contributed by atoms with Crippen molar-refractivity contribution in [2.24, 2.45) is 0 Å². The van der Waals surface area contributed by atoms with E-state index in [1.165, 1.54) is 12.8 Å². The molecule has 0 unspecified atom stereocenters. The Hall–Kier alpha value is -3.36. The molecule has 4 rings (SSSR count). The standard InChI is InChI=1S/C21H26N6O3/c28-19-14-27(11-10-22-19)18-8-7-16(13-24-18)26-21(29)25-12-15-4-3-9-23-20(15)30-17-5-1-2-6-17/h3-4,7-9,13,17H,1-2,5-6,10-12,14H2,(H,22,28)(H2,25,26,29). The molecule has 3 amide bonds. The summed E-state index contributed by atoms with van der Waals surface area (Å²) in [5.41, 5.74) is 1.42.